The number of nitrogens with one attached hydrogen (secondary N) is 1. The molecule has 1 atom stereocenters. The summed E-state index contributed by atoms with van der Waals surface area (Å²) in [6.45, 7) is 7.96. The van der Waals surface area contributed by atoms with Crippen LogP contribution in [0.2, 0.25) is 5.02 Å². The third-order valence-electron chi connectivity index (χ3n) is 3.18. The van der Waals surface area contributed by atoms with Crippen molar-refractivity contribution in [1.29, 1.82) is 0 Å². The highest BCUT2D eigenvalue weighted by Gasteiger charge is 2.22. The molecular formula is C16H20ClNO2. The Morgan fingerprint density at radius 3 is 2.60 bits per heavy atom. The highest BCUT2D eigenvalue weighted by Crippen LogP contribution is 2.20. The molecule has 0 aliphatic carbocycles. The van der Waals surface area contributed by atoms with Crippen molar-refractivity contribution in [3.8, 4) is 11.8 Å². The lowest BCUT2D eigenvalue weighted by atomic mass is 9.88. The molecule has 3 nitrogen and oxygen atoms in total. The van der Waals surface area contributed by atoms with Gasteiger partial charge in [0.2, 0.25) is 0 Å². The lowest BCUT2D eigenvalue weighted by molar-refractivity contribution is 0.0910. The van der Waals surface area contributed by atoms with Crippen molar-refractivity contribution in [2.24, 2.45) is 5.41 Å². The van der Waals surface area contributed by atoms with Crippen LogP contribution >= 0.6 is 11.6 Å². The predicted molar refractivity (Wildman–Crippen MR) is 81.8 cm³/mol. The third kappa shape index (κ3) is 4.56. The molecule has 1 unspecified atom stereocenters. The van der Waals surface area contributed by atoms with E-state index in [1.165, 1.54) is 0 Å². The lowest BCUT2D eigenvalue weighted by Crippen LogP contribution is -2.41. The van der Waals surface area contributed by atoms with E-state index in [1.807, 2.05) is 6.92 Å². The minimum Gasteiger partial charge on any atom is -0.384 e. The van der Waals surface area contributed by atoms with Crippen molar-refractivity contribution >= 4 is 17.5 Å². The maximum atomic E-state index is 12.1. The number of benzene rings is 1. The van der Waals surface area contributed by atoms with Gasteiger partial charge >= 0.3 is 0 Å². The number of amides is 1. The van der Waals surface area contributed by atoms with Crippen LogP contribution < -0.4 is 5.32 Å². The fraction of sp³-hybridized carbons (Fsp3) is 0.438. The summed E-state index contributed by atoms with van der Waals surface area (Å²) >= 11 is 6.07. The van der Waals surface area contributed by atoms with Gasteiger partial charge in [-0.25, -0.2) is 0 Å². The minimum atomic E-state index is -0.221. The van der Waals surface area contributed by atoms with Crippen molar-refractivity contribution in [3.05, 3.63) is 34.3 Å². The summed E-state index contributed by atoms with van der Waals surface area (Å²) in [5.74, 6) is 5.10. The maximum absolute atomic E-state index is 12.1. The Balaban J connectivity index is 2.88. The number of halogens is 1. The molecule has 0 fully saturated rings. The van der Waals surface area contributed by atoms with Crippen LogP contribution in [0.25, 0.3) is 0 Å². The Morgan fingerprint density at radius 2 is 2.10 bits per heavy atom. The molecule has 0 saturated carbocycles. The molecular weight excluding hydrogens is 274 g/mol. The first-order valence-electron chi connectivity index (χ1n) is 6.46. The molecule has 20 heavy (non-hydrogen) atoms. The topological polar surface area (TPSA) is 49.3 Å². The molecule has 0 saturated heterocycles. The van der Waals surface area contributed by atoms with Gasteiger partial charge in [-0.3, -0.25) is 4.79 Å². The summed E-state index contributed by atoms with van der Waals surface area (Å²) in [6, 6.07) is 5.00. The summed E-state index contributed by atoms with van der Waals surface area (Å²) in [7, 11) is 0. The predicted octanol–water partition coefficient (Wildman–Crippen LogP) is 2.85. The normalized spacial score (nSPS) is 12.3. The number of rotatable bonds is 2. The molecule has 4 heteroatoms. The van der Waals surface area contributed by atoms with Gasteiger partial charge < -0.3 is 10.4 Å². The molecule has 0 heterocycles. The fourth-order valence-corrected chi connectivity index (χ4v) is 1.62. The van der Waals surface area contributed by atoms with Gasteiger partial charge in [-0.1, -0.05) is 44.2 Å². The number of aliphatic hydroxyl groups is 1. The van der Waals surface area contributed by atoms with Crippen molar-refractivity contribution < 1.29 is 9.90 Å². The molecule has 2 N–H and O–H groups in total. The quantitative estimate of drug-likeness (QED) is 0.824. The van der Waals surface area contributed by atoms with E-state index in [0.717, 1.165) is 0 Å². The van der Waals surface area contributed by atoms with Gasteiger partial charge in [-0.2, -0.15) is 0 Å². The summed E-state index contributed by atoms with van der Waals surface area (Å²) in [4.78, 5) is 12.1. The minimum absolute atomic E-state index is 0.00794. The van der Waals surface area contributed by atoms with Crippen LogP contribution in [0.5, 0.6) is 0 Å². The summed E-state index contributed by atoms with van der Waals surface area (Å²) in [5, 5.41) is 12.0. The third-order valence-corrected chi connectivity index (χ3v) is 3.49. The van der Waals surface area contributed by atoms with E-state index >= 15 is 0 Å². The number of aliphatic hydroxyl groups excluding tert-OH is 1. The Labute approximate surface area is 125 Å². The van der Waals surface area contributed by atoms with E-state index in [9.17, 15) is 4.79 Å². The van der Waals surface area contributed by atoms with Gasteiger partial charge in [0.1, 0.15) is 6.61 Å². The smallest absolute Gasteiger partial charge is 0.251 e. The van der Waals surface area contributed by atoms with Gasteiger partial charge in [0.15, 0.2) is 0 Å². The zero-order valence-electron chi connectivity index (χ0n) is 12.2. The second-order valence-electron chi connectivity index (χ2n) is 5.72. The molecule has 0 aromatic heterocycles. The number of carbonyl (C=O) groups is 1. The second kappa shape index (κ2) is 6.78. The van der Waals surface area contributed by atoms with E-state index in [1.54, 1.807) is 18.2 Å². The van der Waals surface area contributed by atoms with E-state index in [0.29, 0.717) is 16.1 Å². The summed E-state index contributed by atoms with van der Waals surface area (Å²) in [6.07, 6.45) is 0. The van der Waals surface area contributed by atoms with E-state index in [-0.39, 0.29) is 24.0 Å². The molecule has 1 amide bonds. The van der Waals surface area contributed by atoms with Crippen molar-refractivity contribution in [3.63, 3.8) is 0 Å². The highest BCUT2D eigenvalue weighted by molar-refractivity contribution is 6.32. The molecule has 0 bridgehead atoms. The van der Waals surface area contributed by atoms with Gasteiger partial charge in [-0.15, -0.1) is 0 Å². The van der Waals surface area contributed by atoms with Gasteiger partial charge in [0.05, 0.1) is 5.02 Å². The van der Waals surface area contributed by atoms with Gasteiger partial charge in [0, 0.05) is 17.2 Å². The number of hydrogen-bond donors (Lipinski definition) is 2. The van der Waals surface area contributed by atoms with Crippen molar-refractivity contribution in [1.82, 2.24) is 5.32 Å². The van der Waals surface area contributed by atoms with Crippen LogP contribution in [0.4, 0.5) is 0 Å². The fourth-order valence-electron chi connectivity index (χ4n) is 1.39. The molecule has 0 radical (unpaired) electrons. The molecule has 0 spiro atoms. The Bertz CT molecular complexity index is 550. The SMILES string of the molecule is CC(NC(=O)c1ccc(C#CCO)c(Cl)c1)C(C)(C)C. The Kier molecular flexibility index (Phi) is 5.62. The Hall–Kier alpha value is -1.50. The average molecular weight is 294 g/mol. The first-order chi connectivity index (χ1) is 9.25. The van der Waals surface area contributed by atoms with Gasteiger partial charge in [-0.05, 0) is 30.5 Å². The summed E-state index contributed by atoms with van der Waals surface area (Å²) < 4.78 is 0. The lowest BCUT2D eigenvalue weighted by Gasteiger charge is -2.28. The average Bonchev–Trinajstić information content (AvgIpc) is 2.36. The zero-order valence-corrected chi connectivity index (χ0v) is 13.0. The number of carbonyl (C=O) groups excluding carboxylic acids is 1. The van der Waals surface area contributed by atoms with Crippen LogP contribution in [0, 0.1) is 17.3 Å². The van der Waals surface area contributed by atoms with Crippen molar-refractivity contribution in [2.45, 2.75) is 33.7 Å². The molecule has 1 aromatic carbocycles. The molecule has 1 rings (SSSR count). The molecule has 1 aromatic rings. The summed E-state index contributed by atoms with van der Waals surface area (Å²) in [5.41, 5.74) is 1.09. The van der Waals surface area contributed by atoms with Crippen LogP contribution in [0.3, 0.4) is 0 Å². The van der Waals surface area contributed by atoms with Crippen LogP contribution in [0.1, 0.15) is 43.6 Å². The van der Waals surface area contributed by atoms with Crippen LogP contribution in [-0.2, 0) is 0 Å². The van der Waals surface area contributed by atoms with Crippen molar-refractivity contribution in [2.75, 3.05) is 6.61 Å². The molecule has 0 aliphatic heterocycles. The standard InChI is InChI=1S/C16H20ClNO2/c1-11(16(2,3)4)18-15(20)13-8-7-12(6-5-9-19)14(17)10-13/h7-8,10-11,19H,9H2,1-4H3,(H,18,20). The van der Waals surface area contributed by atoms with E-state index < -0.39 is 0 Å². The van der Waals surface area contributed by atoms with E-state index in [2.05, 4.69) is 37.9 Å². The van der Waals surface area contributed by atoms with E-state index in [4.69, 9.17) is 16.7 Å². The number of hydrogen-bond acceptors (Lipinski definition) is 2. The largest absolute Gasteiger partial charge is 0.384 e. The highest BCUT2D eigenvalue weighted by atomic mass is 35.5. The molecule has 0 aliphatic rings. The first kappa shape index (κ1) is 16.6. The molecule has 108 valence electrons. The van der Waals surface area contributed by atoms with Crippen LogP contribution in [0.15, 0.2) is 18.2 Å². The monoisotopic (exact) mass is 293 g/mol. The van der Waals surface area contributed by atoms with Gasteiger partial charge in [0.25, 0.3) is 5.91 Å². The van der Waals surface area contributed by atoms with Crippen LogP contribution in [-0.4, -0.2) is 23.7 Å². The first-order valence-corrected chi connectivity index (χ1v) is 6.83. The second-order valence-corrected chi connectivity index (χ2v) is 6.12. The Morgan fingerprint density at radius 1 is 1.45 bits per heavy atom. The maximum Gasteiger partial charge on any atom is 0.251 e. The zero-order chi connectivity index (χ0) is 15.3.